The van der Waals surface area contributed by atoms with Crippen LogP contribution in [0, 0.1) is 5.92 Å². The second kappa shape index (κ2) is 4.57. The fourth-order valence-electron chi connectivity index (χ4n) is 3.92. The monoisotopic (exact) mass is 268 g/mol. The van der Waals surface area contributed by atoms with E-state index in [1.165, 1.54) is 21.9 Å². The number of aliphatic hydroxyl groups excluding tert-OH is 1. The molecule has 2 aromatic rings. The van der Waals surface area contributed by atoms with Crippen LogP contribution in [0.25, 0.3) is 10.8 Å². The zero-order valence-electron chi connectivity index (χ0n) is 11.8. The molecule has 1 N–H and O–H groups in total. The molecule has 1 saturated heterocycles. The van der Waals surface area contributed by atoms with Crippen molar-refractivity contribution in [3.8, 4) is 0 Å². The Hall–Kier alpha value is -1.38. The second-order valence-corrected chi connectivity index (χ2v) is 6.13. The first kappa shape index (κ1) is 12.4. The highest BCUT2D eigenvalue weighted by Gasteiger charge is 2.32. The average Bonchev–Trinajstić information content (AvgIpc) is 3.07. The van der Waals surface area contributed by atoms with Crippen molar-refractivity contribution in [2.45, 2.75) is 38.4 Å². The number of aryl methyl sites for hydroxylation is 2. The third-order valence-corrected chi connectivity index (χ3v) is 5.07. The summed E-state index contributed by atoms with van der Waals surface area (Å²) in [5, 5.41) is 13.4. The smallest absolute Gasteiger partial charge is 0.0849 e. The molecule has 2 aliphatic rings. The first-order chi connectivity index (χ1) is 9.75. The molecule has 4 rings (SSSR count). The lowest BCUT2D eigenvalue weighted by molar-refractivity contribution is 0.0438. The third-order valence-electron chi connectivity index (χ3n) is 5.07. The number of benzene rings is 2. The van der Waals surface area contributed by atoms with Crippen LogP contribution < -0.4 is 0 Å². The zero-order valence-corrected chi connectivity index (χ0v) is 11.8. The SMILES string of the molecule is CC1OCCC1C(O)c1ccc2c3c(cccc13)CC2. The summed E-state index contributed by atoms with van der Waals surface area (Å²) in [6, 6.07) is 10.8. The Labute approximate surface area is 119 Å². The van der Waals surface area contributed by atoms with Gasteiger partial charge in [-0.25, -0.2) is 0 Å². The van der Waals surface area contributed by atoms with Crippen molar-refractivity contribution in [2.24, 2.45) is 5.92 Å². The Morgan fingerprint density at radius 2 is 1.95 bits per heavy atom. The molecule has 2 nitrogen and oxygen atoms in total. The molecular formula is C18H20O2. The number of hydrogen-bond acceptors (Lipinski definition) is 2. The highest BCUT2D eigenvalue weighted by Crippen LogP contribution is 2.39. The van der Waals surface area contributed by atoms with E-state index in [9.17, 15) is 5.11 Å². The van der Waals surface area contributed by atoms with Crippen molar-refractivity contribution in [2.75, 3.05) is 6.61 Å². The maximum Gasteiger partial charge on any atom is 0.0849 e. The van der Waals surface area contributed by atoms with E-state index in [1.807, 2.05) is 0 Å². The molecule has 3 unspecified atom stereocenters. The molecule has 20 heavy (non-hydrogen) atoms. The minimum atomic E-state index is -0.419. The Kier molecular flexibility index (Phi) is 2.83. The lowest BCUT2D eigenvalue weighted by atomic mass is 9.87. The fraction of sp³-hybridized carbons (Fsp3) is 0.444. The Balaban J connectivity index is 1.85. The van der Waals surface area contributed by atoms with E-state index in [0.717, 1.165) is 31.4 Å². The highest BCUT2D eigenvalue weighted by atomic mass is 16.5. The van der Waals surface area contributed by atoms with Gasteiger partial charge in [0.25, 0.3) is 0 Å². The maximum absolute atomic E-state index is 10.8. The molecule has 2 heteroatoms. The Morgan fingerprint density at radius 3 is 2.70 bits per heavy atom. The van der Waals surface area contributed by atoms with Crippen LogP contribution in [0.4, 0.5) is 0 Å². The predicted octanol–water partition coefficient (Wildman–Crippen LogP) is 3.40. The van der Waals surface area contributed by atoms with Crippen LogP contribution in [0.15, 0.2) is 30.3 Å². The largest absolute Gasteiger partial charge is 0.388 e. The van der Waals surface area contributed by atoms with Gasteiger partial charge in [-0.05, 0) is 53.6 Å². The second-order valence-electron chi connectivity index (χ2n) is 6.13. The Morgan fingerprint density at radius 1 is 1.15 bits per heavy atom. The van der Waals surface area contributed by atoms with Crippen LogP contribution in [-0.2, 0) is 17.6 Å². The predicted molar refractivity (Wildman–Crippen MR) is 79.8 cm³/mol. The first-order valence-electron chi connectivity index (χ1n) is 7.59. The van der Waals surface area contributed by atoms with E-state index in [1.54, 1.807) is 0 Å². The van der Waals surface area contributed by atoms with Gasteiger partial charge in [-0.15, -0.1) is 0 Å². The van der Waals surface area contributed by atoms with Crippen LogP contribution in [-0.4, -0.2) is 17.8 Å². The van der Waals surface area contributed by atoms with Crippen LogP contribution in [0.2, 0.25) is 0 Å². The van der Waals surface area contributed by atoms with Crippen molar-refractivity contribution in [3.05, 3.63) is 47.0 Å². The van der Waals surface area contributed by atoms with Crippen molar-refractivity contribution < 1.29 is 9.84 Å². The molecule has 1 aliphatic carbocycles. The summed E-state index contributed by atoms with van der Waals surface area (Å²) < 4.78 is 5.62. The van der Waals surface area contributed by atoms with E-state index < -0.39 is 6.10 Å². The minimum Gasteiger partial charge on any atom is -0.388 e. The summed E-state index contributed by atoms with van der Waals surface area (Å²) in [4.78, 5) is 0. The van der Waals surface area contributed by atoms with Gasteiger partial charge in [-0.3, -0.25) is 0 Å². The molecule has 2 aromatic carbocycles. The van der Waals surface area contributed by atoms with E-state index in [-0.39, 0.29) is 12.0 Å². The third kappa shape index (κ3) is 1.72. The number of rotatable bonds is 2. The Bertz CT molecular complexity index is 652. The fourth-order valence-corrected chi connectivity index (χ4v) is 3.92. The molecule has 1 heterocycles. The summed E-state index contributed by atoms with van der Waals surface area (Å²) in [6.07, 6.45) is 2.95. The normalized spacial score (nSPS) is 26.3. The molecule has 0 aromatic heterocycles. The van der Waals surface area contributed by atoms with Gasteiger partial charge in [0.15, 0.2) is 0 Å². The van der Waals surface area contributed by atoms with Crippen LogP contribution in [0.3, 0.4) is 0 Å². The van der Waals surface area contributed by atoms with Gasteiger partial charge in [-0.1, -0.05) is 30.3 Å². The van der Waals surface area contributed by atoms with Crippen molar-refractivity contribution in [1.82, 2.24) is 0 Å². The quantitative estimate of drug-likeness (QED) is 0.904. The molecule has 104 valence electrons. The van der Waals surface area contributed by atoms with E-state index in [2.05, 4.69) is 37.3 Å². The van der Waals surface area contributed by atoms with Gasteiger partial charge in [0.05, 0.1) is 12.2 Å². The van der Waals surface area contributed by atoms with Crippen LogP contribution in [0.1, 0.15) is 36.1 Å². The van der Waals surface area contributed by atoms with E-state index in [0.29, 0.717) is 0 Å². The van der Waals surface area contributed by atoms with Crippen molar-refractivity contribution >= 4 is 10.8 Å². The van der Waals surface area contributed by atoms with Crippen molar-refractivity contribution in [1.29, 1.82) is 0 Å². The molecule has 1 aliphatic heterocycles. The van der Waals surface area contributed by atoms with Gasteiger partial charge in [0, 0.05) is 12.5 Å². The first-order valence-corrected chi connectivity index (χ1v) is 7.59. The van der Waals surface area contributed by atoms with Crippen molar-refractivity contribution in [3.63, 3.8) is 0 Å². The molecule has 0 bridgehead atoms. The summed E-state index contributed by atoms with van der Waals surface area (Å²) in [5.41, 5.74) is 3.94. The molecule has 0 radical (unpaired) electrons. The molecular weight excluding hydrogens is 248 g/mol. The lowest BCUT2D eigenvalue weighted by Crippen LogP contribution is -2.20. The van der Waals surface area contributed by atoms with Gasteiger partial charge in [0.1, 0.15) is 0 Å². The maximum atomic E-state index is 10.8. The molecule has 3 atom stereocenters. The summed E-state index contributed by atoms with van der Waals surface area (Å²) in [5.74, 6) is 0.216. The average molecular weight is 268 g/mol. The zero-order chi connectivity index (χ0) is 13.7. The number of ether oxygens (including phenoxy) is 1. The van der Waals surface area contributed by atoms with Gasteiger partial charge in [-0.2, -0.15) is 0 Å². The summed E-state index contributed by atoms with van der Waals surface area (Å²) in [7, 11) is 0. The number of hydrogen-bond donors (Lipinski definition) is 1. The van der Waals surface area contributed by atoms with Crippen LogP contribution in [0.5, 0.6) is 0 Å². The van der Waals surface area contributed by atoms with Gasteiger partial charge < -0.3 is 9.84 Å². The molecule has 0 saturated carbocycles. The van der Waals surface area contributed by atoms with Gasteiger partial charge >= 0.3 is 0 Å². The van der Waals surface area contributed by atoms with E-state index >= 15 is 0 Å². The van der Waals surface area contributed by atoms with Crippen LogP contribution >= 0.6 is 0 Å². The molecule has 1 fully saturated rings. The lowest BCUT2D eigenvalue weighted by Gasteiger charge is -2.23. The molecule has 0 spiro atoms. The standard InChI is InChI=1S/C18H20O2/c1-11-14(9-10-20-11)18(19)16-8-7-13-6-5-12-3-2-4-15(16)17(12)13/h2-4,7-8,11,14,18-19H,5-6,9-10H2,1H3. The summed E-state index contributed by atoms with van der Waals surface area (Å²) in [6.45, 7) is 2.84. The van der Waals surface area contributed by atoms with Gasteiger partial charge in [0.2, 0.25) is 0 Å². The van der Waals surface area contributed by atoms with E-state index in [4.69, 9.17) is 4.74 Å². The minimum absolute atomic E-state index is 0.146. The topological polar surface area (TPSA) is 29.5 Å². The molecule has 0 amide bonds. The summed E-state index contributed by atoms with van der Waals surface area (Å²) >= 11 is 0. The highest BCUT2D eigenvalue weighted by molar-refractivity contribution is 5.93. The number of aliphatic hydroxyl groups is 1.